The minimum atomic E-state index is -0.888. The van der Waals surface area contributed by atoms with Gasteiger partial charge < -0.3 is 15.7 Å². The van der Waals surface area contributed by atoms with E-state index < -0.39 is 5.97 Å². The Balaban J connectivity index is 1.32. The van der Waals surface area contributed by atoms with Crippen LogP contribution >= 0.6 is 0 Å². The predicted molar refractivity (Wildman–Crippen MR) is 197 cm³/mol. The van der Waals surface area contributed by atoms with Crippen molar-refractivity contribution in [2.75, 3.05) is 13.1 Å². The van der Waals surface area contributed by atoms with Crippen LogP contribution in [0, 0.1) is 56.7 Å². The average Bonchev–Trinajstić information content (AvgIpc) is 3.45. The Kier molecular flexibility index (Phi) is 9.15. The monoisotopic (exact) mass is 668 g/mol. The first-order valence-electron chi connectivity index (χ1n) is 19.0. The molecule has 9 atom stereocenters. The molecule has 9 unspecified atom stereocenters. The first-order valence-corrected chi connectivity index (χ1v) is 19.0. The van der Waals surface area contributed by atoms with E-state index in [-0.39, 0.29) is 44.8 Å². The van der Waals surface area contributed by atoms with Crippen LogP contribution in [0.2, 0.25) is 0 Å². The van der Waals surface area contributed by atoms with E-state index in [1.807, 2.05) is 12.1 Å². The van der Waals surface area contributed by atoms with Gasteiger partial charge in [0.15, 0.2) is 0 Å². The van der Waals surface area contributed by atoms with Gasteiger partial charge in [0.25, 0.3) is 0 Å². The van der Waals surface area contributed by atoms with Gasteiger partial charge >= 0.3 is 5.97 Å². The summed E-state index contributed by atoms with van der Waals surface area (Å²) in [6.07, 6.45) is 15.1. The van der Waals surface area contributed by atoms with E-state index in [2.05, 4.69) is 70.6 Å². The Hall–Kier alpha value is -3.15. The molecule has 0 bridgehead atoms. The lowest BCUT2D eigenvalue weighted by atomic mass is 9.32. The van der Waals surface area contributed by atoms with E-state index in [1.165, 1.54) is 24.5 Å². The van der Waals surface area contributed by atoms with Crippen molar-refractivity contribution in [3.63, 3.8) is 0 Å². The van der Waals surface area contributed by atoms with Crippen LogP contribution in [-0.2, 0) is 9.59 Å². The van der Waals surface area contributed by atoms with E-state index in [9.17, 15) is 19.5 Å². The number of fused-ring (bicyclic) bond motifs is 7. The third-order valence-electron chi connectivity index (χ3n) is 15.4. The summed E-state index contributed by atoms with van der Waals surface area (Å²) in [4.78, 5) is 37.2. The van der Waals surface area contributed by atoms with E-state index in [4.69, 9.17) is 0 Å². The van der Waals surface area contributed by atoms with Crippen molar-refractivity contribution in [1.29, 1.82) is 0 Å². The Bertz CT molecular complexity index is 1560. The zero-order chi connectivity index (χ0) is 35.6. The molecule has 1 aromatic carbocycles. The number of carbonyl (C=O) groups is 3. The highest BCUT2D eigenvalue weighted by Crippen LogP contribution is 2.78. The molecule has 0 aliphatic heterocycles. The molecular weight excluding hydrogens is 608 g/mol. The summed E-state index contributed by atoms with van der Waals surface area (Å²) in [7, 11) is 0. The number of allylic oxidation sites excluding steroid dienone is 4. The number of hydrogen-bond donors (Lipinski definition) is 3. The number of carboxylic acid groups (broad SMARTS) is 1. The number of amides is 2. The van der Waals surface area contributed by atoms with Gasteiger partial charge in [-0.15, -0.1) is 6.58 Å². The number of rotatable bonds is 9. The minimum Gasteiger partial charge on any atom is -0.478 e. The maximum absolute atomic E-state index is 14.3. The first-order chi connectivity index (χ1) is 23.1. The molecule has 6 rings (SSSR count). The molecule has 6 heteroatoms. The van der Waals surface area contributed by atoms with Crippen LogP contribution in [0.1, 0.15) is 122 Å². The van der Waals surface area contributed by atoms with Crippen molar-refractivity contribution in [1.82, 2.24) is 10.6 Å². The molecule has 49 heavy (non-hydrogen) atoms. The molecule has 6 nitrogen and oxygen atoms in total. The smallest absolute Gasteiger partial charge is 0.335 e. The van der Waals surface area contributed by atoms with Gasteiger partial charge in [0, 0.05) is 20.0 Å². The van der Waals surface area contributed by atoms with Crippen molar-refractivity contribution in [3.8, 4) is 0 Å². The van der Waals surface area contributed by atoms with Crippen LogP contribution in [0.15, 0.2) is 55.1 Å². The van der Waals surface area contributed by atoms with Crippen molar-refractivity contribution < 1.29 is 19.5 Å². The number of carboxylic acids is 1. The van der Waals surface area contributed by atoms with Crippen molar-refractivity contribution in [2.24, 2.45) is 56.7 Å². The van der Waals surface area contributed by atoms with Gasteiger partial charge in [0.2, 0.25) is 11.8 Å². The van der Waals surface area contributed by atoms with Gasteiger partial charge in [-0.2, -0.15) is 0 Å². The lowest BCUT2D eigenvalue weighted by Crippen LogP contribution is -2.66. The van der Waals surface area contributed by atoms with Crippen molar-refractivity contribution >= 4 is 23.4 Å². The van der Waals surface area contributed by atoms with Crippen LogP contribution in [0.3, 0.4) is 0 Å². The van der Waals surface area contributed by atoms with Gasteiger partial charge in [0.05, 0.1) is 11.0 Å². The molecule has 0 aromatic heterocycles. The molecule has 0 saturated heterocycles. The second-order valence-electron chi connectivity index (χ2n) is 17.7. The number of aromatic carboxylic acids is 1. The fourth-order valence-corrected chi connectivity index (χ4v) is 13.3. The first kappa shape index (κ1) is 35.7. The highest BCUT2D eigenvalue weighted by atomic mass is 16.4. The van der Waals surface area contributed by atoms with Crippen molar-refractivity contribution in [3.05, 3.63) is 66.3 Å². The highest BCUT2D eigenvalue weighted by molar-refractivity contribution is 5.88. The quantitative estimate of drug-likeness (QED) is 0.181. The topological polar surface area (TPSA) is 95.5 Å². The molecule has 4 fully saturated rings. The predicted octanol–water partition coefficient (Wildman–Crippen LogP) is 8.84. The van der Waals surface area contributed by atoms with Crippen LogP contribution in [0.5, 0.6) is 0 Å². The van der Waals surface area contributed by atoms with E-state index in [1.54, 1.807) is 12.1 Å². The molecule has 0 heterocycles. The summed E-state index contributed by atoms with van der Waals surface area (Å²) in [5, 5.41) is 15.7. The zero-order valence-electron chi connectivity index (χ0n) is 30.9. The SMILES string of the molecule is C=CC12CCC3(C(=O)NCCCNC(C)=O)CCC(C(=C)C)C3C1CCC1C3(C)CC=C(c4ccc(C(=O)O)cc4)C(C)(C)C3CCC12C. The Morgan fingerprint density at radius 2 is 1.59 bits per heavy atom. The number of carbonyl (C=O) groups excluding carboxylic acids is 2. The molecule has 5 aliphatic carbocycles. The third-order valence-corrected chi connectivity index (χ3v) is 15.4. The van der Waals surface area contributed by atoms with Crippen LogP contribution in [0.25, 0.3) is 5.57 Å². The van der Waals surface area contributed by atoms with Gasteiger partial charge in [-0.1, -0.05) is 64.1 Å². The fourth-order valence-electron chi connectivity index (χ4n) is 13.3. The van der Waals surface area contributed by atoms with Gasteiger partial charge in [-0.05, 0) is 146 Å². The molecule has 266 valence electrons. The van der Waals surface area contributed by atoms with E-state index in [0.29, 0.717) is 42.3 Å². The van der Waals surface area contributed by atoms with Gasteiger partial charge in [-0.3, -0.25) is 9.59 Å². The molecule has 0 radical (unpaired) electrons. The summed E-state index contributed by atoms with van der Waals surface area (Å²) in [6, 6.07) is 7.48. The average molecular weight is 669 g/mol. The molecule has 2 amide bonds. The third kappa shape index (κ3) is 5.28. The number of benzene rings is 1. The van der Waals surface area contributed by atoms with Crippen LogP contribution < -0.4 is 10.6 Å². The number of hydrogen-bond acceptors (Lipinski definition) is 3. The standard InChI is InChI=1S/C43H60N2O4/c1-9-43-24-23-42(38(49)45-26-10-25-44-28(4)46)22-17-31(27(2)3)36(42)33(43)15-16-35-40(7)20-18-32(29-11-13-30(14-12-29)37(47)48)39(5,6)34(40)19-21-41(35,43)8/h9,11-14,18,31,33-36H,1-2,10,15-17,19-26H2,3-8H3,(H,44,46)(H,45,49)(H,47,48). The largest absolute Gasteiger partial charge is 0.478 e. The summed E-state index contributed by atoms with van der Waals surface area (Å²) in [6.45, 7) is 24.0. The van der Waals surface area contributed by atoms with Crippen LogP contribution in [0.4, 0.5) is 0 Å². The Morgan fingerprint density at radius 1 is 0.898 bits per heavy atom. The van der Waals surface area contributed by atoms with E-state index in [0.717, 1.165) is 63.4 Å². The Morgan fingerprint density at radius 3 is 2.22 bits per heavy atom. The fraction of sp³-hybridized carbons (Fsp3) is 0.651. The molecule has 3 N–H and O–H groups in total. The minimum absolute atomic E-state index is 0.0364. The summed E-state index contributed by atoms with van der Waals surface area (Å²) < 4.78 is 0. The molecular formula is C43H60N2O4. The summed E-state index contributed by atoms with van der Waals surface area (Å²) in [5.74, 6) is 1.34. The molecule has 1 aromatic rings. The zero-order valence-corrected chi connectivity index (χ0v) is 30.9. The second kappa shape index (κ2) is 12.6. The summed E-state index contributed by atoms with van der Waals surface area (Å²) >= 11 is 0. The maximum atomic E-state index is 14.3. The van der Waals surface area contributed by atoms with Gasteiger partial charge in [-0.25, -0.2) is 4.79 Å². The highest BCUT2D eigenvalue weighted by Gasteiger charge is 2.72. The lowest BCUT2D eigenvalue weighted by molar-refractivity contribution is -0.213. The van der Waals surface area contributed by atoms with Crippen molar-refractivity contribution in [2.45, 2.75) is 106 Å². The maximum Gasteiger partial charge on any atom is 0.335 e. The summed E-state index contributed by atoms with van der Waals surface area (Å²) in [5.41, 5.74) is 3.79. The number of nitrogens with one attached hydrogen (secondary N) is 2. The van der Waals surface area contributed by atoms with E-state index >= 15 is 0 Å². The van der Waals surface area contributed by atoms with Gasteiger partial charge in [0.1, 0.15) is 0 Å². The Labute approximate surface area is 294 Å². The molecule has 4 saturated carbocycles. The molecule has 5 aliphatic rings. The van der Waals surface area contributed by atoms with Crippen LogP contribution in [-0.4, -0.2) is 36.0 Å². The normalized spacial score (nSPS) is 38.8. The molecule has 0 spiro atoms. The second-order valence-corrected chi connectivity index (χ2v) is 17.7. The lowest BCUT2D eigenvalue weighted by Gasteiger charge is -2.72.